The Morgan fingerprint density at radius 2 is 2.44 bits per heavy atom. The van der Waals surface area contributed by atoms with E-state index >= 15 is 0 Å². The Morgan fingerprint density at radius 3 is 3.11 bits per heavy atom. The van der Waals surface area contributed by atoms with Gasteiger partial charge >= 0.3 is 0 Å². The molecule has 98 valence electrons. The van der Waals surface area contributed by atoms with Gasteiger partial charge in [0.25, 0.3) is 0 Å². The molecule has 3 N–H and O–H groups in total. The van der Waals surface area contributed by atoms with Gasteiger partial charge in [0.1, 0.15) is 12.3 Å². The van der Waals surface area contributed by atoms with Crippen LogP contribution in [0.3, 0.4) is 0 Å². The summed E-state index contributed by atoms with van der Waals surface area (Å²) in [6.45, 7) is 1.66. The number of nitrogens with zero attached hydrogens (tertiary/aromatic N) is 1. The van der Waals surface area contributed by atoms with E-state index in [1.54, 1.807) is 30.4 Å². The molecule has 1 saturated heterocycles. The molecule has 6 heteroatoms. The quantitative estimate of drug-likeness (QED) is 0.776. The number of hydrogen-bond donors (Lipinski definition) is 2. The second kappa shape index (κ2) is 5.70. The van der Waals surface area contributed by atoms with Gasteiger partial charge in [0, 0.05) is 12.2 Å². The third-order valence-electron chi connectivity index (χ3n) is 2.64. The summed E-state index contributed by atoms with van der Waals surface area (Å²) in [5.41, 5.74) is 6.82. The van der Waals surface area contributed by atoms with Gasteiger partial charge in [-0.05, 0) is 24.6 Å². The highest BCUT2D eigenvalue weighted by Crippen LogP contribution is 2.26. The van der Waals surface area contributed by atoms with Gasteiger partial charge in [0.05, 0.1) is 19.4 Å². The molecular weight excluding hydrogens is 234 g/mol. The van der Waals surface area contributed by atoms with Crippen molar-refractivity contribution in [2.24, 2.45) is 0 Å². The number of ether oxygens (including phenoxy) is 1. The molecule has 1 amide bonds. The summed E-state index contributed by atoms with van der Waals surface area (Å²) in [4.78, 5) is 17.1. The molecule has 0 saturated carbocycles. The maximum absolute atomic E-state index is 11.8. The zero-order chi connectivity index (χ0) is 13.0. The molecule has 1 heterocycles. The minimum atomic E-state index is -0.152. The highest BCUT2D eigenvalue weighted by molar-refractivity contribution is 5.94. The van der Waals surface area contributed by atoms with E-state index in [0.717, 1.165) is 13.0 Å². The summed E-state index contributed by atoms with van der Waals surface area (Å²) in [6.07, 6.45) is 0.953. The Kier molecular flexibility index (Phi) is 4.01. The Morgan fingerprint density at radius 1 is 1.61 bits per heavy atom. The summed E-state index contributed by atoms with van der Waals surface area (Å²) < 4.78 is 5.16. The molecule has 1 fully saturated rings. The van der Waals surface area contributed by atoms with E-state index in [0.29, 0.717) is 23.7 Å². The summed E-state index contributed by atoms with van der Waals surface area (Å²) in [7, 11) is 1.55. The van der Waals surface area contributed by atoms with Crippen molar-refractivity contribution in [2.45, 2.75) is 6.42 Å². The van der Waals surface area contributed by atoms with Gasteiger partial charge in [-0.2, -0.15) is 5.06 Å². The van der Waals surface area contributed by atoms with E-state index in [4.69, 9.17) is 15.3 Å². The fourth-order valence-corrected chi connectivity index (χ4v) is 1.80. The van der Waals surface area contributed by atoms with Crippen LogP contribution in [-0.2, 0) is 9.63 Å². The maximum Gasteiger partial charge on any atom is 0.241 e. The number of nitrogens with one attached hydrogen (secondary N) is 1. The molecule has 0 bridgehead atoms. The topological polar surface area (TPSA) is 76.8 Å². The van der Waals surface area contributed by atoms with Crippen LogP contribution in [0.1, 0.15) is 6.42 Å². The number of benzene rings is 1. The molecule has 1 aliphatic heterocycles. The fourth-order valence-electron chi connectivity index (χ4n) is 1.80. The van der Waals surface area contributed by atoms with E-state index in [1.807, 2.05) is 0 Å². The Balaban J connectivity index is 1.99. The van der Waals surface area contributed by atoms with Crippen molar-refractivity contribution in [3.05, 3.63) is 18.2 Å². The van der Waals surface area contributed by atoms with Crippen LogP contribution < -0.4 is 15.8 Å². The lowest BCUT2D eigenvalue weighted by Crippen LogP contribution is -2.30. The molecule has 1 aromatic carbocycles. The minimum Gasteiger partial charge on any atom is -0.495 e. The summed E-state index contributed by atoms with van der Waals surface area (Å²) in [6, 6.07) is 5.11. The predicted octanol–water partition coefficient (Wildman–Crippen LogP) is 0.853. The predicted molar refractivity (Wildman–Crippen MR) is 68.2 cm³/mol. The molecule has 18 heavy (non-hydrogen) atoms. The van der Waals surface area contributed by atoms with Crippen LogP contribution in [0.4, 0.5) is 11.4 Å². The number of hydroxylamine groups is 2. The molecule has 0 radical (unpaired) electrons. The third-order valence-corrected chi connectivity index (χ3v) is 2.64. The number of carbonyl (C=O) groups excluding carboxylic acids is 1. The van der Waals surface area contributed by atoms with Crippen LogP contribution in [0.2, 0.25) is 0 Å². The first-order chi connectivity index (χ1) is 8.69. The number of methoxy groups -OCH3 is 1. The second-order valence-corrected chi connectivity index (χ2v) is 4.06. The lowest BCUT2D eigenvalue weighted by atomic mass is 10.2. The van der Waals surface area contributed by atoms with Gasteiger partial charge in [0.2, 0.25) is 5.91 Å². The van der Waals surface area contributed by atoms with E-state index in [1.165, 1.54) is 0 Å². The van der Waals surface area contributed by atoms with Gasteiger partial charge in [-0.15, -0.1) is 0 Å². The fraction of sp³-hybridized carbons (Fsp3) is 0.417. The number of anilines is 2. The van der Waals surface area contributed by atoms with Crippen molar-refractivity contribution in [1.29, 1.82) is 0 Å². The largest absolute Gasteiger partial charge is 0.495 e. The van der Waals surface area contributed by atoms with Crippen LogP contribution in [-0.4, -0.2) is 37.8 Å². The van der Waals surface area contributed by atoms with Crippen LogP contribution >= 0.6 is 0 Å². The first-order valence-corrected chi connectivity index (χ1v) is 5.80. The normalized spacial score (nSPS) is 15.6. The Bertz CT molecular complexity index is 431. The lowest BCUT2D eigenvalue weighted by Gasteiger charge is -2.15. The lowest BCUT2D eigenvalue weighted by molar-refractivity contribution is -0.137. The van der Waals surface area contributed by atoms with Crippen LogP contribution in [0, 0.1) is 0 Å². The van der Waals surface area contributed by atoms with E-state index in [9.17, 15) is 4.79 Å². The van der Waals surface area contributed by atoms with Crippen molar-refractivity contribution in [1.82, 2.24) is 5.06 Å². The number of amides is 1. The smallest absolute Gasteiger partial charge is 0.241 e. The average Bonchev–Trinajstić information content (AvgIpc) is 2.82. The molecule has 1 aliphatic rings. The average molecular weight is 251 g/mol. The monoisotopic (exact) mass is 251 g/mol. The van der Waals surface area contributed by atoms with Crippen LogP contribution in [0.5, 0.6) is 5.75 Å². The van der Waals surface area contributed by atoms with Gasteiger partial charge in [-0.3, -0.25) is 9.63 Å². The SMILES string of the molecule is COc1ccc(N)cc1NC(=O)CN1CCCO1. The van der Waals surface area contributed by atoms with Crippen LogP contribution in [0.25, 0.3) is 0 Å². The summed E-state index contributed by atoms with van der Waals surface area (Å²) >= 11 is 0. The van der Waals surface area contributed by atoms with Gasteiger partial charge < -0.3 is 15.8 Å². The van der Waals surface area contributed by atoms with E-state index < -0.39 is 0 Å². The first kappa shape index (κ1) is 12.7. The molecular formula is C12H17N3O3. The van der Waals surface area contributed by atoms with E-state index in [2.05, 4.69) is 5.32 Å². The highest BCUT2D eigenvalue weighted by atomic mass is 16.7. The van der Waals surface area contributed by atoms with Crippen LogP contribution in [0.15, 0.2) is 18.2 Å². The minimum absolute atomic E-state index is 0.152. The number of nitrogen functional groups attached to an aromatic ring is 1. The molecule has 0 aliphatic carbocycles. The molecule has 0 atom stereocenters. The first-order valence-electron chi connectivity index (χ1n) is 5.80. The van der Waals surface area contributed by atoms with Gasteiger partial charge in [-0.1, -0.05) is 0 Å². The zero-order valence-electron chi connectivity index (χ0n) is 10.3. The molecule has 0 unspecified atom stereocenters. The molecule has 0 spiro atoms. The zero-order valence-corrected chi connectivity index (χ0v) is 10.3. The molecule has 0 aromatic heterocycles. The summed E-state index contributed by atoms with van der Waals surface area (Å²) in [5, 5.41) is 4.41. The van der Waals surface area contributed by atoms with E-state index in [-0.39, 0.29) is 12.5 Å². The molecule has 1 aromatic rings. The molecule has 2 rings (SSSR count). The summed E-state index contributed by atoms with van der Waals surface area (Å²) in [5.74, 6) is 0.431. The van der Waals surface area contributed by atoms with Crippen molar-refractivity contribution in [3.8, 4) is 5.75 Å². The second-order valence-electron chi connectivity index (χ2n) is 4.06. The Hall–Kier alpha value is -1.79. The van der Waals surface area contributed by atoms with Gasteiger partial charge in [0.15, 0.2) is 0 Å². The number of rotatable bonds is 4. The number of nitrogens with two attached hydrogens (primary N) is 1. The van der Waals surface area contributed by atoms with Gasteiger partial charge in [-0.25, -0.2) is 0 Å². The van der Waals surface area contributed by atoms with Crippen molar-refractivity contribution >= 4 is 17.3 Å². The molecule has 6 nitrogen and oxygen atoms in total. The highest BCUT2D eigenvalue weighted by Gasteiger charge is 2.17. The van der Waals surface area contributed by atoms with Crippen molar-refractivity contribution < 1.29 is 14.4 Å². The maximum atomic E-state index is 11.8. The number of hydrogen-bond acceptors (Lipinski definition) is 5. The standard InChI is InChI=1S/C12H17N3O3/c1-17-11-4-3-9(13)7-10(11)14-12(16)8-15-5-2-6-18-15/h3-4,7H,2,5-6,8,13H2,1H3,(H,14,16). The number of carbonyl (C=O) groups is 1. The Labute approximate surface area is 106 Å². The third kappa shape index (κ3) is 3.12. The van der Waals surface area contributed by atoms with Crippen molar-refractivity contribution in [2.75, 3.05) is 37.9 Å². The van der Waals surface area contributed by atoms with Crippen molar-refractivity contribution in [3.63, 3.8) is 0 Å².